The zero-order valence-electron chi connectivity index (χ0n) is 15.7. The van der Waals surface area contributed by atoms with Crippen molar-refractivity contribution >= 4 is 52.2 Å². The summed E-state index contributed by atoms with van der Waals surface area (Å²) in [5.41, 5.74) is 2.65. The van der Waals surface area contributed by atoms with Crippen LogP contribution in [0.2, 0.25) is 10.0 Å². The summed E-state index contributed by atoms with van der Waals surface area (Å²) in [7, 11) is 0. The first-order valence-corrected chi connectivity index (χ1v) is 9.89. The third-order valence-electron chi connectivity index (χ3n) is 4.52. The molecule has 0 bridgehead atoms. The van der Waals surface area contributed by atoms with Gasteiger partial charge in [-0.3, -0.25) is 4.79 Å². The van der Waals surface area contributed by atoms with Gasteiger partial charge in [0.2, 0.25) is 0 Å². The van der Waals surface area contributed by atoms with E-state index in [0.717, 1.165) is 5.56 Å². The van der Waals surface area contributed by atoms with E-state index >= 15 is 0 Å². The minimum Gasteiger partial charge on any atom is -0.482 e. The number of carbonyl (C=O) groups excluding carboxylic acids is 2. The molecule has 0 saturated heterocycles. The van der Waals surface area contributed by atoms with E-state index in [1.807, 2.05) is 12.1 Å². The van der Waals surface area contributed by atoms with Crippen molar-refractivity contribution in [2.75, 3.05) is 22.1 Å². The van der Waals surface area contributed by atoms with E-state index in [0.29, 0.717) is 39.4 Å². The second kappa shape index (κ2) is 8.65. The van der Waals surface area contributed by atoms with Crippen LogP contribution in [-0.2, 0) is 11.3 Å². The zero-order valence-corrected chi connectivity index (χ0v) is 17.2. The van der Waals surface area contributed by atoms with Gasteiger partial charge < -0.3 is 20.3 Å². The average Bonchev–Trinajstić information content (AvgIpc) is 2.73. The second-order valence-corrected chi connectivity index (χ2v) is 7.54. The van der Waals surface area contributed by atoms with Gasteiger partial charge in [-0.2, -0.15) is 0 Å². The van der Waals surface area contributed by atoms with Crippen molar-refractivity contribution in [1.82, 2.24) is 0 Å². The van der Waals surface area contributed by atoms with Crippen molar-refractivity contribution in [3.63, 3.8) is 0 Å². The van der Waals surface area contributed by atoms with Crippen LogP contribution in [0.15, 0.2) is 66.7 Å². The Morgan fingerprint density at radius 2 is 1.50 bits per heavy atom. The second-order valence-electron chi connectivity index (χ2n) is 6.66. The summed E-state index contributed by atoms with van der Waals surface area (Å²) < 4.78 is 5.54. The zero-order chi connectivity index (χ0) is 21.1. The van der Waals surface area contributed by atoms with Crippen LogP contribution >= 0.6 is 23.2 Å². The van der Waals surface area contributed by atoms with Crippen LogP contribution in [0.1, 0.15) is 5.56 Å². The first kappa shape index (κ1) is 20.1. The Morgan fingerprint density at radius 1 is 0.900 bits per heavy atom. The monoisotopic (exact) mass is 441 g/mol. The number of fused-ring (bicyclic) bond motifs is 1. The number of ether oxygens (including phenoxy) is 1. The lowest BCUT2D eigenvalue weighted by Gasteiger charge is -2.30. The number of hydrogen-bond donors (Lipinski definition) is 2. The first-order valence-electron chi connectivity index (χ1n) is 9.13. The third-order valence-corrected chi connectivity index (χ3v) is 5.02. The smallest absolute Gasteiger partial charge is 0.323 e. The normalized spacial score (nSPS) is 12.7. The van der Waals surface area contributed by atoms with Gasteiger partial charge in [0.25, 0.3) is 5.91 Å². The lowest BCUT2D eigenvalue weighted by molar-refractivity contribution is -0.121. The number of nitrogens with zero attached hydrogens (tertiary/aromatic N) is 1. The number of nitrogens with one attached hydrogen (secondary N) is 2. The molecular weight excluding hydrogens is 425 g/mol. The summed E-state index contributed by atoms with van der Waals surface area (Å²) >= 11 is 11.8. The maximum atomic E-state index is 12.5. The topological polar surface area (TPSA) is 70.7 Å². The molecule has 0 fully saturated rings. The van der Waals surface area contributed by atoms with E-state index in [2.05, 4.69) is 10.6 Å². The third kappa shape index (κ3) is 4.67. The Labute approximate surface area is 183 Å². The quantitative estimate of drug-likeness (QED) is 0.556. The highest BCUT2D eigenvalue weighted by Crippen LogP contribution is 2.35. The fourth-order valence-corrected chi connectivity index (χ4v) is 3.30. The molecular formula is C22H17Cl2N3O3. The molecule has 8 heteroatoms. The van der Waals surface area contributed by atoms with Crippen LogP contribution in [-0.4, -0.2) is 18.5 Å². The largest absolute Gasteiger partial charge is 0.482 e. The Morgan fingerprint density at radius 3 is 2.20 bits per heavy atom. The number of halogens is 2. The van der Waals surface area contributed by atoms with Crippen molar-refractivity contribution < 1.29 is 14.3 Å². The van der Waals surface area contributed by atoms with Crippen molar-refractivity contribution in [3.8, 4) is 5.75 Å². The molecule has 152 valence electrons. The molecule has 0 aromatic heterocycles. The number of benzene rings is 3. The lowest BCUT2D eigenvalue weighted by Crippen LogP contribution is -2.38. The molecule has 0 radical (unpaired) electrons. The maximum Gasteiger partial charge on any atom is 0.323 e. The van der Waals surface area contributed by atoms with E-state index in [4.69, 9.17) is 27.9 Å². The van der Waals surface area contributed by atoms with Crippen LogP contribution in [0, 0.1) is 0 Å². The fourth-order valence-electron chi connectivity index (χ4n) is 3.05. The SMILES string of the molecule is O=C(Nc1ccc(Cl)cc1)Nc1ccc2c(c1)N(Cc1ccc(Cl)cc1)C(=O)CO2. The summed E-state index contributed by atoms with van der Waals surface area (Å²) in [5.74, 6) is 0.410. The van der Waals surface area contributed by atoms with Crippen LogP contribution in [0.25, 0.3) is 0 Å². The van der Waals surface area contributed by atoms with E-state index < -0.39 is 6.03 Å². The molecule has 6 nitrogen and oxygen atoms in total. The summed E-state index contributed by atoms with van der Waals surface area (Å²) in [6.07, 6.45) is 0. The van der Waals surface area contributed by atoms with E-state index in [1.54, 1.807) is 59.5 Å². The van der Waals surface area contributed by atoms with Crippen molar-refractivity contribution in [2.45, 2.75) is 6.54 Å². The highest BCUT2D eigenvalue weighted by molar-refractivity contribution is 6.30. The lowest BCUT2D eigenvalue weighted by atomic mass is 10.1. The van der Waals surface area contributed by atoms with Gasteiger partial charge in [0.1, 0.15) is 5.75 Å². The molecule has 1 aliphatic heterocycles. The van der Waals surface area contributed by atoms with Gasteiger partial charge in [-0.25, -0.2) is 4.79 Å². The molecule has 0 saturated carbocycles. The van der Waals surface area contributed by atoms with Gasteiger partial charge in [0, 0.05) is 21.4 Å². The molecule has 1 heterocycles. The molecule has 3 aromatic carbocycles. The Kier molecular flexibility index (Phi) is 5.79. The number of hydrogen-bond acceptors (Lipinski definition) is 3. The summed E-state index contributed by atoms with van der Waals surface area (Å²) in [6.45, 7) is 0.331. The highest BCUT2D eigenvalue weighted by atomic mass is 35.5. The van der Waals surface area contributed by atoms with Gasteiger partial charge in [-0.05, 0) is 60.2 Å². The van der Waals surface area contributed by atoms with Crippen molar-refractivity contribution in [2.24, 2.45) is 0 Å². The Hall–Kier alpha value is -3.22. The Bertz CT molecular complexity index is 1090. The first-order chi connectivity index (χ1) is 14.5. The molecule has 0 spiro atoms. The summed E-state index contributed by atoms with van der Waals surface area (Å²) in [4.78, 5) is 26.4. The molecule has 0 aliphatic carbocycles. The predicted octanol–water partition coefficient (Wildman–Crippen LogP) is 5.56. The van der Waals surface area contributed by atoms with Crippen molar-refractivity contribution in [3.05, 3.63) is 82.3 Å². The van der Waals surface area contributed by atoms with Crippen LogP contribution in [0.3, 0.4) is 0 Å². The van der Waals surface area contributed by atoms with Crippen LogP contribution in [0.4, 0.5) is 21.9 Å². The average molecular weight is 442 g/mol. The van der Waals surface area contributed by atoms with E-state index in [-0.39, 0.29) is 12.5 Å². The van der Waals surface area contributed by atoms with E-state index in [1.165, 1.54) is 0 Å². The molecule has 2 N–H and O–H groups in total. The fraction of sp³-hybridized carbons (Fsp3) is 0.0909. The molecule has 0 atom stereocenters. The number of anilines is 3. The standard InChI is InChI=1S/C22H17Cl2N3O3/c23-15-3-1-14(2-4-15)12-27-19-11-18(9-10-20(19)30-13-21(27)28)26-22(29)25-17-7-5-16(24)6-8-17/h1-11H,12-13H2,(H2,25,26,29). The number of rotatable bonds is 4. The van der Waals surface area contributed by atoms with Crippen LogP contribution < -0.4 is 20.3 Å². The minimum absolute atomic E-state index is 0.0373. The summed E-state index contributed by atoms with van der Waals surface area (Å²) in [6, 6.07) is 18.8. The highest BCUT2D eigenvalue weighted by Gasteiger charge is 2.26. The van der Waals surface area contributed by atoms with Gasteiger partial charge in [-0.1, -0.05) is 35.3 Å². The summed E-state index contributed by atoms with van der Waals surface area (Å²) in [5, 5.41) is 6.71. The van der Waals surface area contributed by atoms with Crippen LogP contribution in [0.5, 0.6) is 5.75 Å². The van der Waals surface area contributed by atoms with Gasteiger partial charge in [0.15, 0.2) is 6.61 Å². The van der Waals surface area contributed by atoms with Crippen molar-refractivity contribution in [1.29, 1.82) is 0 Å². The van der Waals surface area contributed by atoms with Gasteiger partial charge in [-0.15, -0.1) is 0 Å². The Balaban J connectivity index is 1.52. The predicted molar refractivity (Wildman–Crippen MR) is 119 cm³/mol. The molecule has 30 heavy (non-hydrogen) atoms. The molecule has 0 unspecified atom stereocenters. The van der Waals surface area contributed by atoms with Gasteiger partial charge >= 0.3 is 6.03 Å². The minimum atomic E-state index is -0.412. The molecule has 3 amide bonds. The molecule has 1 aliphatic rings. The maximum absolute atomic E-state index is 12.5. The van der Waals surface area contributed by atoms with E-state index in [9.17, 15) is 9.59 Å². The molecule has 4 rings (SSSR count). The number of carbonyl (C=O) groups is 2. The molecule has 3 aromatic rings. The number of urea groups is 1. The number of amides is 3. The van der Waals surface area contributed by atoms with Gasteiger partial charge in [0.05, 0.1) is 12.2 Å².